The van der Waals surface area contributed by atoms with Crippen molar-refractivity contribution in [3.8, 4) is 0 Å². The zero-order valence-corrected chi connectivity index (χ0v) is 19.6. The number of unbranched alkanes of at least 4 members (excludes halogenated alkanes) is 19. The summed E-state index contributed by atoms with van der Waals surface area (Å²) in [6.07, 6.45) is 34.5. The highest BCUT2D eigenvalue weighted by molar-refractivity contribution is 5.75. The molecule has 0 aromatic rings. The van der Waals surface area contributed by atoms with Gasteiger partial charge in [-0.15, -0.1) is 0 Å². The van der Waals surface area contributed by atoms with E-state index in [1.807, 2.05) is 0 Å². The molecular formula is C27H52O. The molecule has 0 bridgehead atoms. The average Bonchev–Trinajstić information content (AvgIpc) is 2.68. The SMILES string of the molecule is CCCCCCCC/C=C/CCCCCCCCCCCCCCCC(C)=O. The third-order valence-electron chi connectivity index (χ3n) is 5.79. The van der Waals surface area contributed by atoms with Crippen LogP contribution in [0.3, 0.4) is 0 Å². The lowest BCUT2D eigenvalue weighted by Gasteiger charge is -2.03. The lowest BCUT2D eigenvalue weighted by atomic mass is 10.0. The van der Waals surface area contributed by atoms with Gasteiger partial charge < -0.3 is 4.79 Å². The van der Waals surface area contributed by atoms with E-state index in [-0.39, 0.29) is 0 Å². The Bertz CT molecular complexity index is 331. The van der Waals surface area contributed by atoms with Crippen LogP contribution in [-0.4, -0.2) is 5.78 Å². The molecular weight excluding hydrogens is 340 g/mol. The Morgan fingerprint density at radius 3 is 1.18 bits per heavy atom. The zero-order chi connectivity index (χ0) is 20.5. The first-order chi connectivity index (χ1) is 13.8. The molecule has 0 radical (unpaired) electrons. The van der Waals surface area contributed by atoms with E-state index in [0.29, 0.717) is 5.78 Å². The van der Waals surface area contributed by atoms with Gasteiger partial charge in [0.1, 0.15) is 5.78 Å². The summed E-state index contributed by atoms with van der Waals surface area (Å²) in [6.45, 7) is 3.99. The first kappa shape index (κ1) is 27.4. The predicted molar refractivity (Wildman–Crippen MR) is 127 cm³/mol. The van der Waals surface area contributed by atoms with E-state index < -0.39 is 0 Å². The van der Waals surface area contributed by atoms with Crippen molar-refractivity contribution in [3.63, 3.8) is 0 Å². The Balaban J connectivity index is 3.06. The smallest absolute Gasteiger partial charge is 0.129 e. The largest absolute Gasteiger partial charge is 0.300 e. The molecule has 0 aliphatic rings. The number of rotatable bonds is 23. The van der Waals surface area contributed by atoms with Crippen LogP contribution < -0.4 is 0 Å². The van der Waals surface area contributed by atoms with Gasteiger partial charge in [-0.05, 0) is 39.0 Å². The van der Waals surface area contributed by atoms with Gasteiger partial charge in [-0.1, -0.05) is 122 Å². The van der Waals surface area contributed by atoms with Crippen LogP contribution in [0.15, 0.2) is 12.2 Å². The molecule has 1 heteroatoms. The minimum atomic E-state index is 0.347. The van der Waals surface area contributed by atoms with Crippen molar-refractivity contribution in [1.82, 2.24) is 0 Å². The summed E-state index contributed by atoms with van der Waals surface area (Å²) in [7, 11) is 0. The van der Waals surface area contributed by atoms with E-state index in [9.17, 15) is 4.79 Å². The maximum atomic E-state index is 10.9. The van der Waals surface area contributed by atoms with Gasteiger partial charge in [-0.2, -0.15) is 0 Å². The standard InChI is InChI=1S/C27H52O/c1-3-4-5-6-7-8-9-10-11-12-13-14-15-16-17-18-19-20-21-22-23-24-25-26-27(2)28/h10-11H,3-9,12-26H2,1-2H3/b11-10+. The molecule has 0 saturated carbocycles. The van der Waals surface area contributed by atoms with Gasteiger partial charge in [0.05, 0.1) is 0 Å². The topological polar surface area (TPSA) is 17.1 Å². The molecule has 0 amide bonds. The summed E-state index contributed by atoms with van der Waals surface area (Å²) in [5.74, 6) is 0.347. The third kappa shape index (κ3) is 25.4. The number of Topliss-reactive ketones (excluding diaryl/α,β-unsaturated/α-hetero) is 1. The van der Waals surface area contributed by atoms with Crippen LogP contribution in [0.1, 0.15) is 155 Å². The minimum Gasteiger partial charge on any atom is -0.300 e. The van der Waals surface area contributed by atoms with Gasteiger partial charge in [0.15, 0.2) is 0 Å². The second-order valence-electron chi connectivity index (χ2n) is 8.86. The van der Waals surface area contributed by atoms with Crippen molar-refractivity contribution in [2.75, 3.05) is 0 Å². The second kappa shape index (κ2) is 24.4. The quantitative estimate of drug-likeness (QED) is 0.125. The molecule has 0 N–H and O–H groups in total. The van der Waals surface area contributed by atoms with Crippen molar-refractivity contribution in [1.29, 1.82) is 0 Å². The van der Waals surface area contributed by atoms with Crippen molar-refractivity contribution in [3.05, 3.63) is 12.2 Å². The van der Waals surface area contributed by atoms with Crippen molar-refractivity contribution in [2.45, 2.75) is 155 Å². The predicted octanol–water partition coefficient (Wildman–Crippen LogP) is 9.73. The lowest BCUT2D eigenvalue weighted by molar-refractivity contribution is -0.117. The molecule has 0 heterocycles. The molecule has 0 saturated heterocycles. The Morgan fingerprint density at radius 2 is 0.821 bits per heavy atom. The number of hydrogen-bond acceptors (Lipinski definition) is 1. The van der Waals surface area contributed by atoms with E-state index in [1.54, 1.807) is 6.92 Å². The summed E-state index contributed by atoms with van der Waals surface area (Å²) in [4.78, 5) is 10.9. The van der Waals surface area contributed by atoms with E-state index in [0.717, 1.165) is 12.8 Å². The minimum absolute atomic E-state index is 0.347. The van der Waals surface area contributed by atoms with E-state index in [4.69, 9.17) is 0 Å². The second-order valence-corrected chi connectivity index (χ2v) is 8.86. The summed E-state index contributed by atoms with van der Waals surface area (Å²) >= 11 is 0. The Kier molecular flexibility index (Phi) is 23.9. The fraction of sp³-hybridized carbons (Fsp3) is 0.889. The van der Waals surface area contributed by atoms with Gasteiger partial charge in [-0.3, -0.25) is 0 Å². The number of allylic oxidation sites excluding steroid dienone is 2. The molecule has 1 nitrogen and oxygen atoms in total. The summed E-state index contributed by atoms with van der Waals surface area (Å²) < 4.78 is 0. The number of carbonyl (C=O) groups is 1. The molecule has 166 valence electrons. The lowest BCUT2D eigenvalue weighted by Crippen LogP contribution is -1.89. The Labute approximate surface area is 178 Å². The molecule has 28 heavy (non-hydrogen) atoms. The Hall–Kier alpha value is -0.590. The monoisotopic (exact) mass is 392 g/mol. The van der Waals surface area contributed by atoms with Crippen LogP contribution >= 0.6 is 0 Å². The molecule has 0 unspecified atom stereocenters. The fourth-order valence-corrected chi connectivity index (χ4v) is 3.86. The number of ketones is 1. The molecule has 0 fully saturated rings. The Morgan fingerprint density at radius 1 is 0.500 bits per heavy atom. The molecule has 0 rings (SSSR count). The van der Waals surface area contributed by atoms with Gasteiger partial charge in [0.2, 0.25) is 0 Å². The van der Waals surface area contributed by atoms with Crippen LogP contribution in [0.5, 0.6) is 0 Å². The molecule has 0 spiro atoms. The highest BCUT2D eigenvalue weighted by Crippen LogP contribution is 2.14. The molecule has 0 aromatic heterocycles. The maximum absolute atomic E-state index is 10.9. The average molecular weight is 393 g/mol. The molecule has 0 aromatic carbocycles. The molecule has 0 aliphatic heterocycles. The summed E-state index contributed by atoms with van der Waals surface area (Å²) in [5.41, 5.74) is 0. The number of hydrogen-bond donors (Lipinski definition) is 0. The highest BCUT2D eigenvalue weighted by atomic mass is 16.1. The van der Waals surface area contributed by atoms with Crippen molar-refractivity contribution >= 4 is 5.78 Å². The van der Waals surface area contributed by atoms with Gasteiger partial charge in [0.25, 0.3) is 0 Å². The van der Waals surface area contributed by atoms with E-state index in [1.165, 1.54) is 128 Å². The third-order valence-corrected chi connectivity index (χ3v) is 5.79. The van der Waals surface area contributed by atoms with Gasteiger partial charge in [-0.25, -0.2) is 0 Å². The normalized spacial score (nSPS) is 11.5. The maximum Gasteiger partial charge on any atom is 0.129 e. The summed E-state index contributed by atoms with van der Waals surface area (Å²) in [5, 5.41) is 0. The van der Waals surface area contributed by atoms with Crippen LogP contribution in [0, 0.1) is 0 Å². The van der Waals surface area contributed by atoms with Crippen molar-refractivity contribution in [2.24, 2.45) is 0 Å². The van der Waals surface area contributed by atoms with E-state index in [2.05, 4.69) is 19.1 Å². The molecule has 0 aliphatic carbocycles. The number of carbonyl (C=O) groups excluding carboxylic acids is 1. The van der Waals surface area contributed by atoms with Crippen LogP contribution in [0.25, 0.3) is 0 Å². The van der Waals surface area contributed by atoms with Crippen LogP contribution in [-0.2, 0) is 4.79 Å². The van der Waals surface area contributed by atoms with E-state index >= 15 is 0 Å². The summed E-state index contributed by atoms with van der Waals surface area (Å²) in [6, 6.07) is 0. The molecule has 0 atom stereocenters. The highest BCUT2D eigenvalue weighted by Gasteiger charge is 1.96. The first-order valence-electron chi connectivity index (χ1n) is 12.9. The van der Waals surface area contributed by atoms with Gasteiger partial charge >= 0.3 is 0 Å². The first-order valence-corrected chi connectivity index (χ1v) is 12.9. The fourth-order valence-electron chi connectivity index (χ4n) is 3.86. The van der Waals surface area contributed by atoms with Crippen LogP contribution in [0.2, 0.25) is 0 Å². The van der Waals surface area contributed by atoms with Gasteiger partial charge in [0, 0.05) is 6.42 Å². The van der Waals surface area contributed by atoms with Crippen LogP contribution in [0.4, 0.5) is 0 Å². The zero-order valence-electron chi connectivity index (χ0n) is 19.6. The van der Waals surface area contributed by atoms with Crippen molar-refractivity contribution < 1.29 is 4.79 Å².